The summed E-state index contributed by atoms with van der Waals surface area (Å²) in [5, 5.41) is 0. The third-order valence-corrected chi connectivity index (χ3v) is 3.66. The molecule has 0 amide bonds. The summed E-state index contributed by atoms with van der Waals surface area (Å²) < 4.78 is 5.36. The molecule has 4 heteroatoms. The fourth-order valence-corrected chi connectivity index (χ4v) is 2.80. The van der Waals surface area contributed by atoms with Gasteiger partial charge in [-0.15, -0.1) is 12.4 Å². The largest absolute Gasteiger partial charge is 0.380 e. The molecule has 1 saturated carbocycles. The molecule has 3 nitrogen and oxygen atoms in total. The van der Waals surface area contributed by atoms with Crippen molar-refractivity contribution in [3.63, 3.8) is 0 Å². The van der Waals surface area contributed by atoms with Crippen LogP contribution in [-0.2, 0) is 4.74 Å². The zero-order valence-corrected chi connectivity index (χ0v) is 10.3. The van der Waals surface area contributed by atoms with Crippen LogP contribution >= 0.6 is 12.4 Å². The molecular weight excluding hydrogens is 212 g/mol. The van der Waals surface area contributed by atoms with Gasteiger partial charge in [0.15, 0.2) is 0 Å². The standard InChI is InChI=1S/C11H22N2O.ClH/c1-14-11-4-5-13(8-11)7-9-2-3-10(12)6-9;/h9-11H,2-8,12H2,1H3;1H/t9?,10?,11-;/m0./s1. The highest BCUT2D eigenvalue weighted by molar-refractivity contribution is 5.85. The van der Waals surface area contributed by atoms with Crippen molar-refractivity contribution in [2.24, 2.45) is 11.7 Å². The highest BCUT2D eigenvalue weighted by atomic mass is 35.5. The van der Waals surface area contributed by atoms with E-state index in [9.17, 15) is 0 Å². The number of nitrogens with two attached hydrogens (primary N) is 1. The second-order valence-electron chi connectivity index (χ2n) is 4.85. The Balaban J connectivity index is 0.00000112. The first-order valence-electron chi connectivity index (χ1n) is 5.78. The summed E-state index contributed by atoms with van der Waals surface area (Å²) >= 11 is 0. The number of ether oxygens (including phenoxy) is 1. The molecule has 2 unspecified atom stereocenters. The molecule has 1 aliphatic heterocycles. The predicted molar refractivity (Wildman–Crippen MR) is 64.4 cm³/mol. The number of hydrogen-bond acceptors (Lipinski definition) is 3. The normalized spacial score (nSPS) is 36.8. The monoisotopic (exact) mass is 234 g/mol. The summed E-state index contributed by atoms with van der Waals surface area (Å²) in [6.07, 6.45) is 5.47. The zero-order chi connectivity index (χ0) is 9.97. The van der Waals surface area contributed by atoms with Gasteiger partial charge in [0.1, 0.15) is 0 Å². The zero-order valence-electron chi connectivity index (χ0n) is 9.52. The summed E-state index contributed by atoms with van der Waals surface area (Å²) in [7, 11) is 1.82. The van der Waals surface area contributed by atoms with Crippen molar-refractivity contribution in [3.8, 4) is 0 Å². The molecule has 15 heavy (non-hydrogen) atoms. The van der Waals surface area contributed by atoms with Gasteiger partial charge in [-0.05, 0) is 31.6 Å². The number of halogens is 1. The molecule has 0 bridgehead atoms. The Kier molecular flexibility index (Phi) is 5.33. The maximum absolute atomic E-state index is 5.91. The molecule has 3 atom stereocenters. The van der Waals surface area contributed by atoms with Crippen molar-refractivity contribution < 1.29 is 4.74 Å². The first-order chi connectivity index (χ1) is 6.78. The molecule has 2 fully saturated rings. The summed E-state index contributed by atoms with van der Waals surface area (Å²) in [5.74, 6) is 0.848. The first-order valence-corrected chi connectivity index (χ1v) is 5.78. The van der Waals surface area contributed by atoms with Gasteiger partial charge in [0.05, 0.1) is 6.10 Å². The first kappa shape index (κ1) is 13.2. The van der Waals surface area contributed by atoms with E-state index in [-0.39, 0.29) is 12.4 Å². The van der Waals surface area contributed by atoms with E-state index in [1.54, 1.807) is 0 Å². The SMILES string of the molecule is CO[C@H]1CCN(CC2CCC(N)C2)C1.Cl. The molecule has 0 spiro atoms. The molecule has 2 rings (SSSR count). The van der Waals surface area contributed by atoms with E-state index < -0.39 is 0 Å². The highest BCUT2D eigenvalue weighted by Crippen LogP contribution is 2.26. The average molecular weight is 235 g/mol. The van der Waals surface area contributed by atoms with E-state index in [0.29, 0.717) is 12.1 Å². The molecule has 1 heterocycles. The van der Waals surface area contributed by atoms with E-state index >= 15 is 0 Å². The van der Waals surface area contributed by atoms with Crippen LogP contribution in [0.15, 0.2) is 0 Å². The lowest BCUT2D eigenvalue weighted by Crippen LogP contribution is -2.28. The number of methoxy groups -OCH3 is 1. The molecule has 2 aliphatic rings. The van der Waals surface area contributed by atoms with Crippen LogP contribution in [0.2, 0.25) is 0 Å². The number of nitrogens with zero attached hydrogens (tertiary/aromatic N) is 1. The molecule has 0 aromatic rings. The van der Waals surface area contributed by atoms with Crippen LogP contribution in [-0.4, -0.2) is 43.8 Å². The van der Waals surface area contributed by atoms with Gasteiger partial charge in [0.25, 0.3) is 0 Å². The van der Waals surface area contributed by atoms with Gasteiger partial charge < -0.3 is 15.4 Å². The van der Waals surface area contributed by atoms with Gasteiger partial charge >= 0.3 is 0 Å². The van der Waals surface area contributed by atoms with Crippen LogP contribution < -0.4 is 5.73 Å². The second kappa shape index (κ2) is 6.04. The predicted octanol–water partition coefficient (Wildman–Crippen LogP) is 1.26. The Labute approximate surface area is 98.7 Å². The Bertz CT molecular complexity index is 191. The Morgan fingerprint density at radius 1 is 1.33 bits per heavy atom. The van der Waals surface area contributed by atoms with Crippen LogP contribution in [0.5, 0.6) is 0 Å². The molecule has 0 radical (unpaired) electrons. The van der Waals surface area contributed by atoms with Crippen LogP contribution in [0, 0.1) is 5.92 Å². The van der Waals surface area contributed by atoms with Crippen LogP contribution in [0.25, 0.3) is 0 Å². The number of likely N-dealkylation sites (tertiary alicyclic amines) is 1. The topological polar surface area (TPSA) is 38.5 Å². The van der Waals surface area contributed by atoms with Gasteiger partial charge in [-0.3, -0.25) is 0 Å². The van der Waals surface area contributed by atoms with Gasteiger partial charge in [-0.2, -0.15) is 0 Å². The Hall–Kier alpha value is 0.170. The van der Waals surface area contributed by atoms with Crippen molar-refractivity contribution in [2.75, 3.05) is 26.7 Å². The Morgan fingerprint density at radius 2 is 2.13 bits per heavy atom. The van der Waals surface area contributed by atoms with E-state index in [1.807, 2.05) is 7.11 Å². The van der Waals surface area contributed by atoms with Crippen molar-refractivity contribution in [2.45, 2.75) is 37.8 Å². The lowest BCUT2D eigenvalue weighted by molar-refractivity contribution is 0.106. The van der Waals surface area contributed by atoms with E-state index in [2.05, 4.69) is 4.90 Å². The van der Waals surface area contributed by atoms with Gasteiger partial charge in [-0.1, -0.05) is 0 Å². The minimum Gasteiger partial charge on any atom is -0.380 e. The molecular formula is C11H23ClN2O. The third-order valence-electron chi connectivity index (χ3n) is 3.66. The molecule has 90 valence electrons. The average Bonchev–Trinajstić information content (AvgIpc) is 2.76. The number of rotatable bonds is 3. The van der Waals surface area contributed by atoms with Crippen LogP contribution in [0.4, 0.5) is 0 Å². The van der Waals surface area contributed by atoms with Crippen LogP contribution in [0.3, 0.4) is 0 Å². The summed E-state index contributed by atoms with van der Waals surface area (Å²) in [4.78, 5) is 2.54. The summed E-state index contributed by atoms with van der Waals surface area (Å²) in [6, 6.07) is 0.473. The lowest BCUT2D eigenvalue weighted by atomic mass is 10.1. The van der Waals surface area contributed by atoms with Gasteiger partial charge in [0, 0.05) is 32.8 Å². The van der Waals surface area contributed by atoms with Crippen molar-refractivity contribution in [3.05, 3.63) is 0 Å². The third kappa shape index (κ3) is 3.59. The summed E-state index contributed by atoms with van der Waals surface area (Å²) in [6.45, 7) is 3.58. The molecule has 1 saturated heterocycles. The van der Waals surface area contributed by atoms with Crippen molar-refractivity contribution in [1.82, 2.24) is 4.90 Å². The molecule has 1 aliphatic carbocycles. The minimum absolute atomic E-state index is 0. The van der Waals surface area contributed by atoms with Crippen LogP contribution in [0.1, 0.15) is 25.7 Å². The molecule has 0 aromatic carbocycles. The van der Waals surface area contributed by atoms with E-state index in [1.165, 1.54) is 38.8 Å². The van der Waals surface area contributed by atoms with Gasteiger partial charge in [-0.25, -0.2) is 0 Å². The maximum atomic E-state index is 5.91. The lowest BCUT2D eigenvalue weighted by Gasteiger charge is -2.19. The highest BCUT2D eigenvalue weighted by Gasteiger charge is 2.27. The van der Waals surface area contributed by atoms with E-state index in [4.69, 9.17) is 10.5 Å². The summed E-state index contributed by atoms with van der Waals surface area (Å²) in [5.41, 5.74) is 5.91. The van der Waals surface area contributed by atoms with Crippen molar-refractivity contribution in [1.29, 1.82) is 0 Å². The second-order valence-corrected chi connectivity index (χ2v) is 4.85. The van der Waals surface area contributed by atoms with Gasteiger partial charge in [0.2, 0.25) is 0 Å². The fourth-order valence-electron chi connectivity index (χ4n) is 2.80. The maximum Gasteiger partial charge on any atom is 0.0710 e. The Morgan fingerprint density at radius 3 is 2.67 bits per heavy atom. The molecule has 0 aromatic heterocycles. The number of hydrogen-bond donors (Lipinski definition) is 1. The minimum atomic E-state index is 0. The quantitative estimate of drug-likeness (QED) is 0.799. The molecule has 2 N–H and O–H groups in total. The smallest absolute Gasteiger partial charge is 0.0710 e. The fraction of sp³-hybridized carbons (Fsp3) is 1.00. The van der Waals surface area contributed by atoms with E-state index in [0.717, 1.165) is 12.5 Å². The van der Waals surface area contributed by atoms with Crippen molar-refractivity contribution >= 4 is 12.4 Å².